The number of nitro benzene ring substituents is 2. The van der Waals surface area contributed by atoms with Gasteiger partial charge in [0.25, 0.3) is 17.3 Å². The number of nitrogens with zero attached hydrogens (tertiary/aromatic N) is 2. The first kappa shape index (κ1) is 18.8. The van der Waals surface area contributed by atoms with Crippen LogP contribution in [0.15, 0.2) is 36.4 Å². The normalized spacial score (nSPS) is 10.2. The number of carbonyl (C=O) groups is 1. The number of nitrogens with one attached hydrogen (secondary N) is 1. The molecule has 1 amide bonds. The fourth-order valence-corrected chi connectivity index (χ4v) is 2.53. The lowest BCUT2D eigenvalue weighted by atomic mass is 10.0. The molecule has 26 heavy (non-hydrogen) atoms. The van der Waals surface area contributed by atoms with E-state index in [9.17, 15) is 25.0 Å². The number of benzene rings is 2. The summed E-state index contributed by atoms with van der Waals surface area (Å²) in [5, 5.41) is 24.7. The Bertz CT molecular complexity index is 866. The first-order chi connectivity index (χ1) is 12.3. The number of rotatable bonds is 7. The first-order valence-electron chi connectivity index (χ1n) is 7.68. The average molecular weight is 359 g/mol. The van der Waals surface area contributed by atoms with E-state index in [4.69, 9.17) is 4.74 Å². The number of nitro groups is 2. The van der Waals surface area contributed by atoms with E-state index in [1.54, 1.807) is 13.2 Å². The van der Waals surface area contributed by atoms with E-state index < -0.39 is 27.1 Å². The quantitative estimate of drug-likeness (QED) is 0.598. The molecule has 2 rings (SSSR count). The predicted molar refractivity (Wildman–Crippen MR) is 93.5 cm³/mol. The zero-order chi connectivity index (χ0) is 19.3. The molecule has 0 saturated heterocycles. The van der Waals surface area contributed by atoms with Crippen LogP contribution in [0.1, 0.15) is 21.5 Å². The zero-order valence-corrected chi connectivity index (χ0v) is 14.2. The van der Waals surface area contributed by atoms with Crippen LogP contribution in [-0.2, 0) is 6.42 Å². The van der Waals surface area contributed by atoms with Crippen molar-refractivity contribution >= 4 is 17.3 Å². The van der Waals surface area contributed by atoms with Crippen LogP contribution in [0.3, 0.4) is 0 Å². The SMILES string of the molecule is COc1ccccc1CCNC(=O)c1cc([N+](=O)[O-])cc([N+](=O)[O-])c1C. The van der Waals surface area contributed by atoms with Gasteiger partial charge in [0.2, 0.25) is 0 Å². The second-order valence-electron chi connectivity index (χ2n) is 5.47. The fraction of sp³-hybridized carbons (Fsp3) is 0.235. The summed E-state index contributed by atoms with van der Waals surface area (Å²) >= 11 is 0. The molecule has 0 aliphatic rings. The lowest BCUT2D eigenvalue weighted by Crippen LogP contribution is -2.26. The van der Waals surface area contributed by atoms with Gasteiger partial charge in [0, 0.05) is 18.2 Å². The molecule has 0 aliphatic carbocycles. The van der Waals surface area contributed by atoms with E-state index >= 15 is 0 Å². The zero-order valence-electron chi connectivity index (χ0n) is 14.2. The average Bonchev–Trinajstić information content (AvgIpc) is 2.61. The molecule has 0 bridgehead atoms. The van der Waals surface area contributed by atoms with Crippen LogP contribution >= 0.6 is 0 Å². The molecule has 0 aliphatic heterocycles. The largest absolute Gasteiger partial charge is 0.496 e. The molecule has 0 spiro atoms. The Morgan fingerprint density at radius 3 is 2.46 bits per heavy atom. The van der Waals surface area contributed by atoms with E-state index in [1.165, 1.54) is 6.92 Å². The topological polar surface area (TPSA) is 125 Å². The number of para-hydroxylation sites is 1. The van der Waals surface area contributed by atoms with E-state index in [1.807, 2.05) is 18.2 Å². The molecule has 0 radical (unpaired) electrons. The number of amides is 1. The molecule has 9 heteroatoms. The summed E-state index contributed by atoms with van der Waals surface area (Å²) in [5.41, 5.74) is -0.0929. The molecule has 2 aromatic carbocycles. The van der Waals surface area contributed by atoms with E-state index in [-0.39, 0.29) is 17.7 Å². The molecule has 9 nitrogen and oxygen atoms in total. The third-order valence-electron chi connectivity index (χ3n) is 3.89. The standard InChI is InChI=1S/C17H17N3O6/c1-11-14(9-13(19(22)23)10-15(11)20(24)25)17(21)18-8-7-12-5-3-4-6-16(12)26-2/h3-6,9-10H,7-8H2,1-2H3,(H,18,21). The summed E-state index contributed by atoms with van der Waals surface area (Å²) < 4.78 is 5.23. The van der Waals surface area contributed by atoms with Gasteiger partial charge in [-0.1, -0.05) is 18.2 Å². The van der Waals surface area contributed by atoms with E-state index in [2.05, 4.69) is 5.32 Å². The summed E-state index contributed by atoms with van der Waals surface area (Å²) in [6, 6.07) is 9.21. The molecule has 0 saturated carbocycles. The molecule has 0 unspecified atom stereocenters. The van der Waals surface area contributed by atoms with E-state index in [0.29, 0.717) is 12.2 Å². The maximum atomic E-state index is 12.4. The van der Waals surface area contributed by atoms with Gasteiger partial charge >= 0.3 is 0 Å². The summed E-state index contributed by atoms with van der Waals surface area (Å²) in [6.45, 7) is 1.63. The van der Waals surface area contributed by atoms with Crippen LogP contribution in [0, 0.1) is 27.2 Å². The molecule has 0 atom stereocenters. The lowest BCUT2D eigenvalue weighted by molar-refractivity contribution is -0.394. The van der Waals surface area contributed by atoms with Crippen molar-refractivity contribution in [1.82, 2.24) is 5.32 Å². The van der Waals surface area contributed by atoms with Crippen molar-refractivity contribution in [3.8, 4) is 5.75 Å². The molecular formula is C17H17N3O6. The van der Waals surface area contributed by atoms with Gasteiger partial charge in [-0.05, 0) is 25.0 Å². The van der Waals surface area contributed by atoms with Crippen molar-refractivity contribution in [2.45, 2.75) is 13.3 Å². The van der Waals surface area contributed by atoms with Crippen LogP contribution in [0.2, 0.25) is 0 Å². The maximum absolute atomic E-state index is 12.4. The van der Waals surface area contributed by atoms with Crippen LogP contribution in [-0.4, -0.2) is 29.4 Å². The number of hydrogen-bond acceptors (Lipinski definition) is 6. The highest BCUT2D eigenvalue weighted by molar-refractivity contribution is 5.97. The Kier molecular flexibility index (Phi) is 5.84. The van der Waals surface area contributed by atoms with E-state index in [0.717, 1.165) is 17.7 Å². The third kappa shape index (κ3) is 4.12. The van der Waals surface area contributed by atoms with Gasteiger partial charge < -0.3 is 10.1 Å². The summed E-state index contributed by atoms with van der Waals surface area (Å²) in [6.07, 6.45) is 0.478. The smallest absolute Gasteiger partial charge is 0.279 e. The highest BCUT2D eigenvalue weighted by atomic mass is 16.6. The Morgan fingerprint density at radius 1 is 1.15 bits per heavy atom. The van der Waals surface area contributed by atoms with Crippen molar-refractivity contribution in [3.63, 3.8) is 0 Å². The number of carbonyl (C=O) groups excluding carboxylic acids is 1. The molecular weight excluding hydrogens is 342 g/mol. The number of methoxy groups -OCH3 is 1. The van der Waals surface area contributed by atoms with Crippen LogP contribution in [0.5, 0.6) is 5.75 Å². The third-order valence-corrected chi connectivity index (χ3v) is 3.89. The van der Waals surface area contributed by atoms with Crippen molar-refractivity contribution in [1.29, 1.82) is 0 Å². The van der Waals surface area contributed by atoms with Gasteiger partial charge in [-0.15, -0.1) is 0 Å². The second kappa shape index (κ2) is 8.06. The van der Waals surface area contributed by atoms with Crippen molar-refractivity contribution in [3.05, 3.63) is 73.3 Å². The highest BCUT2D eigenvalue weighted by Crippen LogP contribution is 2.28. The van der Waals surface area contributed by atoms with Gasteiger partial charge in [0.05, 0.1) is 28.6 Å². The predicted octanol–water partition coefficient (Wildman–Crippen LogP) is 2.79. The number of non-ortho nitro benzene ring substituents is 1. The summed E-state index contributed by atoms with van der Waals surface area (Å²) in [4.78, 5) is 32.9. The Morgan fingerprint density at radius 2 is 1.85 bits per heavy atom. The van der Waals surface area contributed by atoms with Gasteiger partial charge in [-0.3, -0.25) is 25.0 Å². The molecule has 0 fully saturated rings. The van der Waals surface area contributed by atoms with Crippen LogP contribution in [0.4, 0.5) is 11.4 Å². The van der Waals surface area contributed by atoms with Crippen molar-refractivity contribution in [2.75, 3.05) is 13.7 Å². The first-order valence-corrected chi connectivity index (χ1v) is 7.68. The van der Waals surface area contributed by atoms with Gasteiger partial charge in [0.15, 0.2) is 0 Å². The highest BCUT2D eigenvalue weighted by Gasteiger charge is 2.24. The maximum Gasteiger partial charge on any atom is 0.279 e. The minimum absolute atomic E-state index is 0.0791. The van der Waals surface area contributed by atoms with Crippen molar-refractivity contribution < 1.29 is 19.4 Å². The Labute approximate surface area is 148 Å². The monoisotopic (exact) mass is 359 g/mol. The van der Waals surface area contributed by atoms with Crippen molar-refractivity contribution in [2.24, 2.45) is 0 Å². The number of ether oxygens (including phenoxy) is 1. The summed E-state index contributed by atoms with van der Waals surface area (Å²) in [5.74, 6) is 0.0770. The molecule has 0 aromatic heterocycles. The Hall–Kier alpha value is -3.49. The van der Waals surface area contributed by atoms with Gasteiger partial charge in [-0.25, -0.2) is 0 Å². The van der Waals surface area contributed by atoms with Crippen LogP contribution < -0.4 is 10.1 Å². The number of hydrogen-bond donors (Lipinski definition) is 1. The lowest BCUT2D eigenvalue weighted by Gasteiger charge is -2.10. The van der Waals surface area contributed by atoms with Gasteiger partial charge in [0.1, 0.15) is 5.75 Å². The van der Waals surface area contributed by atoms with Crippen LogP contribution in [0.25, 0.3) is 0 Å². The minimum Gasteiger partial charge on any atom is -0.496 e. The van der Waals surface area contributed by atoms with Gasteiger partial charge in [-0.2, -0.15) is 0 Å². The molecule has 0 heterocycles. The second-order valence-corrected chi connectivity index (χ2v) is 5.47. The Balaban J connectivity index is 2.18. The summed E-state index contributed by atoms with van der Waals surface area (Å²) in [7, 11) is 1.54. The fourth-order valence-electron chi connectivity index (χ4n) is 2.53. The molecule has 136 valence electrons. The molecule has 2 aromatic rings. The molecule has 1 N–H and O–H groups in total. The minimum atomic E-state index is -0.766.